The lowest BCUT2D eigenvalue weighted by Crippen LogP contribution is -2.53. The molecule has 2 atom stereocenters. The Morgan fingerprint density at radius 2 is 1.77 bits per heavy atom. The molecule has 2 aliphatic rings. The Morgan fingerprint density at radius 3 is 2.50 bits per heavy atom. The minimum atomic E-state index is -0.150. The van der Waals surface area contributed by atoms with E-state index in [4.69, 9.17) is 0 Å². The Hall–Kier alpha value is -2.28. The molecule has 6 nitrogen and oxygen atoms in total. The van der Waals surface area contributed by atoms with E-state index < -0.39 is 0 Å². The molecule has 2 fully saturated rings. The van der Waals surface area contributed by atoms with Crippen molar-refractivity contribution in [3.63, 3.8) is 0 Å². The molecule has 4 rings (SSSR count). The quantitative estimate of drug-likeness (QED) is 0.870. The average molecular weight is 351 g/mol. The second kappa shape index (κ2) is 7.95. The standard InChI is InChI=1S/C20H25N5O/c26-20(19-14-18(22-23-19)16-6-2-1-3-7-16)25-12-10-24(11-13-25)15-17-8-4-5-9-21-17/h1-9,18-19,22-23H,10-15H2. The Labute approximate surface area is 154 Å². The smallest absolute Gasteiger partial charge is 0.241 e. The second-order valence-electron chi connectivity index (χ2n) is 6.96. The molecule has 0 aliphatic carbocycles. The first kappa shape index (κ1) is 17.1. The minimum Gasteiger partial charge on any atom is -0.339 e. The number of hydrogen-bond donors (Lipinski definition) is 2. The van der Waals surface area contributed by atoms with Gasteiger partial charge in [-0.1, -0.05) is 36.4 Å². The molecule has 0 saturated carbocycles. The number of nitrogens with one attached hydrogen (secondary N) is 2. The summed E-state index contributed by atoms with van der Waals surface area (Å²) in [6.07, 6.45) is 2.62. The Balaban J connectivity index is 1.27. The molecular formula is C20H25N5O. The summed E-state index contributed by atoms with van der Waals surface area (Å²) < 4.78 is 0. The fourth-order valence-corrected chi connectivity index (χ4v) is 3.69. The van der Waals surface area contributed by atoms with Crippen LogP contribution in [-0.4, -0.2) is 52.9 Å². The van der Waals surface area contributed by atoms with E-state index in [1.165, 1.54) is 5.56 Å². The van der Waals surface area contributed by atoms with E-state index in [9.17, 15) is 4.79 Å². The molecule has 2 saturated heterocycles. The first-order chi connectivity index (χ1) is 12.8. The largest absolute Gasteiger partial charge is 0.339 e. The van der Waals surface area contributed by atoms with Crippen LogP contribution in [0.5, 0.6) is 0 Å². The highest BCUT2D eigenvalue weighted by atomic mass is 16.2. The maximum absolute atomic E-state index is 12.8. The molecule has 2 unspecified atom stereocenters. The summed E-state index contributed by atoms with van der Waals surface area (Å²) in [7, 11) is 0. The number of benzene rings is 1. The van der Waals surface area contributed by atoms with Gasteiger partial charge in [0.15, 0.2) is 0 Å². The molecule has 3 heterocycles. The van der Waals surface area contributed by atoms with Crippen molar-refractivity contribution in [2.24, 2.45) is 0 Å². The van der Waals surface area contributed by atoms with Gasteiger partial charge < -0.3 is 4.90 Å². The number of amides is 1. The summed E-state index contributed by atoms with van der Waals surface area (Å²) in [6.45, 7) is 4.19. The van der Waals surface area contributed by atoms with Crippen molar-refractivity contribution in [1.82, 2.24) is 25.6 Å². The van der Waals surface area contributed by atoms with Crippen LogP contribution in [0.25, 0.3) is 0 Å². The molecule has 2 aromatic rings. The molecule has 0 spiro atoms. The van der Waals surface area contributed by atoms with Gasteiger partial charge in [-0.15, -0.1) is 0 Å². The predicted molar refractivity (Wildman–Crippen MR) is 100.0 cm³/mol. The third kappa shape index (κ3) is 3.93. The summed E-state index contributed by atoms with van der Waals surface area (Å²) in [4.78, 5) is 21.6. The Morgan fingerprint density at radius 1 is 1.00 bits per heavy atom. The van der Waals surface area contributed by atoms with Gasteiger partial charge in [0.2, 0.25) is 5.91 Å². The number of pyridine rings is 1. The molecule has 0 radical (unpaired) electrons. The highest BCUT2D eigenvalue weighted by Crippen LogP contribution is 2.23. The summed E-state index contributed by atoms with van der Waals surface area (Å²) in [5.74, 6) is 0.202. The number of piperazine rings is 1. The molecule has 26 heavy (non-hydrogen) atoms. The number of carbonyl (C=O) groups excluding carboxylic acids is 1. The third-order valence-electron chi connectivity index (χ3n) is 5.20. The summed E-state index contributed by atoms with van der Waals surface area (Å²) in [5.41, 5.74) is 8.76. The monoisotopic (exact) mass is 351 g/mol. The number of hydrogen-bond acceptors (Lipinski definition) is 5. The Kier molecular flexibility index (Phi) is 5.24. The molecular weight excluding hydrogens is 326 g/mol. The lowest BCUT2D eigenvalue weighted by atomic mass is 10.0. The maximum atomic E-state index is 12.8. The average Bonchev–Trinajstić information content (AvgIpc) is 3.20. The van der Waals surface area contributed by atoms with E-state index in [1.807, 2.05) is 41.4 Å². The van der Waals surface area contributed by atoms with Crippen molar-refractivity contribution in [2.45, 2.75) is 25.0 Å². The zero-order valence-corrected chi connectivity index (χ0v) is 14.8. The molecule has 136 valence electrons. The van der Waals surface area contributed by atoms with Gasteiger partial charge in [0.05, 0.1) is 5.69 Å². The summed E-state index contributed by atoms with van der Waals surface area (Å²) in [6, 6.07) is 16.3. The van der Waals surface area contributed by atoms with Crippen molar-refractivity contribution in [2.75, 3.05) is 26.2 Å². The number of rotatable bonds is 4. The number of nitrogens with zero attached hydrogens (tertiary/aromatic N) is 3. The molecule has 6 heteroatoms. The van der Waals surface area contributed by atoms with Gasteiger partial charge in [-0.05, 0) is 24.1 Å². The van der Waals surface area contributed by atoms with Crippen molar-refractivity contribution in [3.05, 3.63) is 66.0 Å². The minimum absolute atomic E-state index is 0.150. The lowest BCUT2D eigenvalue weighted by Gasteiger charge is -2.35. The molecule has 2 aliphatic heterocycles. The van der Waals surface area contributed by atoms with Gasteiger partial charge in [0.1, 0.15) is 6.04 Å². The second-order valence-corrected chi connectivity index (χ2v) is 6.96. The molecule has 2 N–H and O–H groups in total. The first-order valence-corrected chi connectivity index (χ1v) is 9.26. The van der Waals surface area contributed by atoms with Crippen molar-refractivity contribution < 1.29 is 4.79 Å². The van der Waals surface area contributed by atoms with Crippen LogP contribution < -0.4 is 10.9 Å². The van der Waals surface area contributed by atoms with E-state index >= 15 is 0 Å². The summed E-state index contributed by atoms with van der Waals surface area (Å²) >= 11 is 0. The molecule has 1 amide bonds. The molecule has 0 bridgehead atoms. The van der Waals surface area contributed by atoms with Crippen LogP contribution in [0.2, 0.25) is 0 Å². The van der Waals surface area contributed by atoms with Crippen molar-refractivity contribution in [1.29, 1.82) is 0 Å². The maximum Gasteiger partial charge on any atom is 0.241 e. The van der Waals surface area contributed by atoms with E-state index in [0.29, 0.717) is 0 Å². The SMILES string of the molecule is O=C(C1CC(c2ccccc2)NN1)N1CCN(Cc2ccccn2)CC1. The van der Waals surface area contributed by atoms with Gasteiger partial charge in [-0.2, -0.15) is 0 Å². The van der Waals surface area contributed by atoms with Crippen LogP contribution in [0.4, 0.5) is 0 Å². The first-order valence-electron chi connectivity index (χ1n) is 9.26. The van der Waals surface area contributed by atoms with Gasteiger partial charge >= 0.3 is 0 Å². The molecule has 1 aromatic heterocycles. The fraction of sp³-hybridized carbons (Fsp3) is 0.400. The van der Waals surface area contributed by atoms with Crippen molar-refractivity contribution in [3.8, 4) is 0 Å². The number of aromatic nitrogens is 1. The van der Waals surface area contributed by atoms with Crippen LogP contribution >= 0.6 is 0 Å². The highest BCUT2D eigenvalue weighted by molar-refractivity contribution is 5.82. The Bertz CT molecular complexity index is 715. The van der Waals surface area contributed by atoms with E-state index in [2.05, 4.69) is 38.9 Å². The third-order valence-corrected chi connectivity index (χ3v) is 5.20. The summed E-state index contributed by atoms with van der Waals surface area (Å²) in [5, 5.41) is 0. The van der Waals surface area contributed by atoms with Crippen LogP contribution in [0, 0.1) is 0 Å². The van der Waals surface area contributed by atoms with Crippen LogP contribution in [0.15, 0.2) is 54.7 Å². The highest BCUT2D eigenvalue weighted by Gasteiger charge is 2.33. The van der Waals surface area contributed by atoms with Gasteiger partial charge in [0.25, 0.3) is 0 Å². The van der Waals surface area contributed by atoms with Crippen LogP contribution in [-0.2, 0) is 11.3 Å². The zero-order chi connectivity index (χ0) is 17.8. The molecule has 1 aromatic carbocycles. The number of hydrazine groups is 1. The predicted octanol–water partition coefficient (Wildman–Crippen LogP) is 1.33. The normalized spacial score (nSPS) is 23.9. The van der Waals surface area contributed by atoms with Gasteiger partial charge in [-0.25, -0.2) is 10.9 Å². The van der Waals surface area contributed by atoms with Crippen LogP contribution in [0.1, 0.15) is 23.7 Å². The van der Waals surface area contributed by atoms with E-state index in [1.54, 1.807) is 0 Å². The van der Waals surface area contributed by atoms with Gasteiger partial charge in [-0.3, -0.25) is 14.7 Å². The van der Waals surface area contributed by atoms with Crippen molar-refractivity contribution >= 4 is 5.91 Å². The fourth-order valence-electron chi connectivity index (χ4n) is 3.69. The van der Waals surface area contributed by atoms with E-state index in [-0.39, 0.29) is 18.0 Å². The lowest BCUT2D eigenvalue weighted by molar-refractivity contribution is -0.135. The zero-order valence-electron chi connectivity index (χ0n) is 14.8. The topological polar surface area (TPSA) is 60.5 Å². The number of carbonyl (C=O) groups is 1. The van der Waals surface area contributed by atoms with Crippen LogP contribution in [0.3, 0.4) is 0 Å². The van der Waals surface area contributed by atoms with Gasteiger partial charge in [0, 0.05) is 45.0 Å². The van der Waals surface area contributed by atoms with E-state index in [0.717, 1.165) is 44.8 Å².